The summed E-state index contributed by atoms with van der Waals surface area (Å²) in [7, 11) is 0. The van der Waals surface area contributed by atoms with Crippen LogP contribution >= 0.6 is 23.2 Å². The van der Waals surface area contributed by atoms with E-state index in [1.807, 2.05) is 6.08 Å². The molecule has 2 aromatic carbocycles. The van der Waals surface area contributed by atoms with E-state index >= 15 is 0 Å². The summed E-state index contributed by atoms with van der Waals surface area (Å²) in [5, 5.41) is 0.788. The van der Waals surface area contributed by atoms with Crippen molar-refractivity contribution in [2.75, 3.05) is 29.5 Å². The van der Waals surface area contributed by atoms with Gasteiger partial charge in [0, 0.05) is 35.4 Å². The summed E-state index contributed by atoms with van der Waals surface area (Å²) >= 11 is 12.4. The topological polar surface area (TPSA) is 125 Å². The first-order chi connectivity index (χ1) is 16.7. The van der Waals surface area contributed by atoms with Crippen LogP contribution in [-0.2, 0) is 0 Å². The second-order valence-corrected chi connectivity index (χ2v) is 9.01. The Balaban J connectivity index is 1.46. The Hall–Kier alpha value is -3.56. The van der Waals surface area contributed by atoms with Crippen LogP contribution < -0.4 is 32.0 Å². The Labute approximate surface area is 208 Å². The van der Waals surface area contributed by atoms with E-state index in [2.05, 4.69) is 4.98 Å². The number of fused-ring (bicyclic) bond motifs is 1. The van der Waals surface area contributed by atoms with Crippen molar-refractivity contribution in [3.63, 3.8) is 0 Å². The first kappa shape index (κ1) is 23.2. The van der Waals surface area contributed by atoms with Crippen LogP contribution in [0.4, 0.5) is 21.6 Å². The molecule has 0 fully saturated rings. The van der Waals surface area contributed by atoms with Crippen LogP contribution in [-0.4, -0.2) is 18.1 Å². The largest absolute Gasteiger partial charge is 0.478 e. The molecule has 0 aliphatic carbocycles. The maximum atomic E-state index is 14.0. The fraction of sp³-hybridized carbons (Fsp3) is 0.208. The first-order valence-electron chi connectivity index (χ1n) is 10.7. The average Bonchev–Trinajstić information content (AvgIpc) is 3.28. The number of benzene rings is 1. The maximum absolute atomic E-state index is 14.0. The molecular formula is C24H19Cl2FN4O4. The molecule has 1 unspecified atom stereocenters. The van der Waals surface area contributed by atoms with E-state index in [9.17, 15) is 14.0 Å². The Morgan fingerprint density at radius 3 is 2.69 bits per heavy atom. The summed E-state index contributed by atoms with van der Waals surface area (Å²) < 4.78 is 25.9. The molecule has 35 heavy (non-hydrogen) atoms. The number of hydrogen-bond acceptors (Lipinski definition) is 8. The van der Waals surface area contributed by atoms with Gasteiger partial charge in [0.25, 0.3) is 10.9 Å². The zero-order valence-electron chi connectivity index (χ0n) is 18.4. The number of ether oxygens (including phenoxy) is 1. The second-order valence-electron chi connectivity index (χ2n) is 8.23. The molecule has 2 aromatic heterocycles. The molecule has 8 nitrogen and oxygen atoms in total. The summed E-state index contributed by atoms with van der Waals surface area (Å²) in [5.74, 6) is -0.338. The molecule has 0 amide bonds. The highest BCUT2D eigenvalue weighted by Crippen LogP contribution is 2.41. The molecule has 3 heterocycles. The molecule has 1 aliphatic heterocycles. The molecule has 4 aromatic rings. The van der Waals surface area contributed by atoms with Crippen molar-refractivity contribution in [3.05, 3.63) is 78.1 Å². The highest BCUT2D eigenvalue weighted by molar-refractivity contribution is 6.36. The van der Waals surface area contributed by atoms with E-state index in [-0.39, 0.29) is 38.6 Å². The fourth-order valence-electron chi connectivity index (χ4n) is 4.32. The summed E-state index contributed by atoms with van der Waals surface area (Å²) in [6, 6.07) is 2.58. The van der Waals surface area contributed by atoms with E-state index in [4.69, 9.17) is 43.8 Å². The van der Waals surface area contributed by atoms with Gasteiger partial charge in [-0.25, -0.2) is 9.37 Å². The minimum Gasteiger partial charge on any atom is -0.478 e. The number of furan rings is 1. The van der Waals surface area contributed by atoms with Crippen molar-refractivity contribution in [2.24, 2.45) is 0 Å². The fourth-order valence-corrected chi connectivity index (χ4v) is 5.00. The third kappa shape index (κ3) is 3.71. The van der Waals surface area contributed by atoms with Crippen molar-refractivity contribution in [3.8, 4) is 5.75 Å². The van der Waals surface area contributed by atoms with Crippen LogP contribution in [0.2, 0.25) is 10.0 Å². The number of nitrogen functional groups attached to an aromatic ring is 2. The summed E-state index contributed by atoms with van der Waals surface area (Å²) in [6.07, 6.45) is 4.94. The molecule has 0 radical (unpaired) electrons. The number of nitrogens with two attached hydrogens (primary N) is 2. The minimum atomic E-state index is -0.752. The van der Waals surface area contributed by atoms with Crippen molar-refractivity contribution in [1.82, 2.24) is 4.98 Å². The molecular weight excluding hydrogens is 498 g/mol. The van der Waals surface area contributed by atoms with E-state index in [1.165, 1.54) is 12.1 Å². The summed E-state index contributed by atoms with van der Waals surface area (Å²) in [6.45, 7) is 2.59. The average molecular weight is 517 g/mol. The number of halogens is 3. The van der Waals surface area contributed by atoms with Gasteiger partial charge in [-0.2, -0.15) is 0 Å². The molecule has 180 valence electrons. The predicted octanol–water partition coefficient (Wildman–Crippen LogP) is 4.47. The molecule has 4 N–H and O–H groups in total. The standard InChI is InChI=1S/C24H19Cl2FN4O4/c1-10(16-14(25)2-3-15(27)17(16)26)35-23-22-12(8-30-24(23)29)13(9-34-22)11-4-6-31(7-5-11)19-18(28)20(32)21(19)33/h2-4,8-10H,5-7,28H2,1H3,(H2,29,30). The molecule has 0 bridgehead atoms. The van der Waals surface area contributed by atoms with Gasteiger partial charge in [-0.05, 0) is 31.1 Å². The summed E-state index contributed by atoms with van der Waals surface area (Å²) in [5.41, 5.74) is 13.3. The number of nitrogens with zero attached hydrogens (tertiary/aromatic N) is 2. The molecule has 11 heteroatoms. The molecule has 0 spiro atoms. The van der Waals surface area contributed by atoms with Gasteiger partial charge >= 0.3 is 0 Å². The molecule has 1 aliphatic rings. The van der Waals surface area contributed by atoms with E-state index in [0.29, 0.717) is 30.5 Å². The smallest absolute Gasteiger partial charge is 0.253 e. The Morgan fingerprint density at radius 1 is 1.23 bits per heavy atom. The van der Waals surface area contributed by atoms with Gasteiger partial charge in [-0.3, -0.25) is 9.59 Å². The Bertz CT molecular complexity index is 1590. The van der Waals surface area contributed by atoms with E-state index in [0.717, 1.165) is 11.1 Å². The zero-order valence-corrected chi connectivity index (χ0v) is 19.9. The van der Waals surface area contributed by atoms with Gasteiger partial charge in [-0.15, -0.1) is 0 Å². The molecule has 0 saturated heterocycles. The van der Waals surface area contributed by atoms with E-state index < -0.39 is 22.8 Å². The minimum absolute atomic E-state index is 0.00898. The number of pyridine rings is 1. The van der Waals surface area contributed by atoms with Gasteiger partial charge in [0.1, 0.15) is 23.3 Å². The third-order valence-electron chi connectivity index (χ3n) is 6.17. The lowest BCUT2D eigenvalue weighted by molar-refractivity contribution is 0.227. The zero-order chi connectivity index (χ0) is 25.0. The molecule has 1 atom stereocenters. The van der Waals surface area contributed by atoms with Gasteiger partial charge in [-0.1, -0.05) is 29.3 Å². The van der Waals surface area contributed by atoms with Crippen LogP contribution in [0.3, 0.4) is 0 Å². The Kier molecular flexibility index (Phi) is 5.69. The number of rotatable bonds is 5. The van der Waals surface area contributed by atoms with Gasteiger partial charge in [0.05, 0.1) is 16.7 Å². The predicted molar refractivity (Wildman–Crippen MR) is 134 cm³/mol. The maximum Gasteiger partial charge on any atom is 0.253 e. The van der Waals surface area contributed by atoms with Gasteiger partial charge in [0.2, 0.25) is 5.75 Å². The second kappa shape index (κ2) is 8.58. The van der Waals surface area contributed by atoms with Crippen molar-refractivity contribution < 1.29 is 13.5 Å². The lowest BCUT2D eigenvalue weighted by atomic mass is 9.98. The summed E-state index contributed by atoms with van der Waals surface area (Å²) in [4.78, 5) is 29.3. The molecule has 5 rings (SSSR count). The highest BCUT2D eigenvalue weighted by atomic mass is 35.5. The molecule has 0 saturated carbocycles. The quantitative estimate of drug-likeness (QED) is 0.294. The third-order valence-corrected chi connectivity index (χ3v) is 6.89. The van der Waals surface area contributed by atoms with Crippen LogP contribution in [0.15, 0.2) is 44.7 Å². The lowest BCUT2D eigenvalue weighted by Crippen LogP contribution is -2.44. The Morgan fingerprint density at radius 2 is 2.00 bits per heavy atom. The number of aromatic nitrogens is 1. The first-order valence-corrected chi connectivity index (χ1v) is 11.4. The normalized spacial score (nSPS) is 15.0. The van der Waals surface area contributed by atoms with Crippen LogP contribution in [0, 0.1) is 5.82 Å². The van der Waals surface area contributed by atoms with E-state index in [1.54, 1.807) is 24.3 Å². The van der Waals surface area contributed by atoms with Crippen molar-refractivity contribution in [1.29, 1.82) is 0 Å². The van der Waals surface area contributed by atoms with Gasteiger partial charge in [0.15, 0.2) is 11.4 Å². The van der Waals surface area contributed by atoms with Crippen molar-refractivity contribution >= 4 is 56.9 Å². The lowest BCUT2D eigenvalue weighted by Gasteiger charge is -2.29. The monoisotopic (exact) mass is 516 g/mol. The van der Waals surface area contributed by atoms with Crippen molar-refractivity contribution in [2.45, 2.75) is 19.4 Å². The van der Waals surface area contributed by atoms with Crippen LogP contribution in [0.5, 0.6) is 5.75 Å². The van der Waals surface area contributed by atoms with Crippen LogP contribution in [0.25, 0.3) is 16.5 Å². The van der Waals surface area contributed by atoms with Gasteiger partial charge < -0.3 is 25.5 Å². The highest BCUT2D eigenvalue weighted by Gasteiger charge is 2.27. The number of hydrogen-bond donors (Lipinski definition) is 2. The number of anilines is 3. The van der Waals surface area contributed by atoms with Crippen LogP contribution in [0.1, 0.15) is 30.6 Å². The SMILES string of the molecule is CC(Oc1c(N)ncc2c(C3=CCN(c4c(N)c(=O)c4=O)CC3)coc12)c1c(Cl)ccc(F)c1Cl.